The van der Waals surface area contributed by atoms with Gasteiger partial charge in [0.2, 0.25) is 5.91 Å². The molecule has 2 aromatic carbocycles. The molecule has 29 heavy (non-hydrogen) atoms. The molecule has 2 aliphatic carbocycles. The van der Waals surface area contributed by atoms with Crippen molar-refractivity contribution in [1.82, 2.24) is 0 Å². The van der Waals surface area contributed by atoms with Crippen molar-refractivity contribution < 1.29 is 23.5 Å². The third kappa shape index (κ3) is 3.06. The normalized spacial score (nSPS) is 28.9. The van der Waals surface area contributed by atoms with Gasteiger partial charge in [-0.1, -0.05) is 0 Å². The van der Waals surface area contributed by atoms with Gasteiger partial charge in [0.25, 0.3) is 5.91 Å². The summed E-state index contributed by atoms with van der Waals surface area (Å²) in [6, 6.07) is 12.0. The molecule has 0 radical (unpaired) electrons. The van der Waals surface area contributed by atoms with Crippen LogP contribution in [0, 0.1) is 29.5 Å². The van der Waals surface area contributed by atoms with Gasteiger partial charge in [-0.15, -0.1) is 0 Å². The molecule has 5 unspecified atom stereocenters. The van der Waals surface area contributed by atoms with Crippen molar-refractivity contribution in [3.63, 3.8) is 0 Å². The SMILES string of the molecule is O=C(Nc1ccc(F)cc1)c1ccc(NC(=O)C2C3CC4OC(=O)C2C4C3)cc1. The van der Waals surface area contributed by atoms with Crippen molar-refractivity contribution in [3.8, 4) is 0 Å². The molecule has 2 aromatic rings. The standard InChI is InChI=1S/C22H19FN2O4/c23-13-3-7-15(8-4-13)24-20(26)11-1-5-14(6-2-11)25-21(27)18-12-9-16-17(10-12)29-22(28)19(16)18/h1-8,12,16-19H,9-10H2,(H,24,26)(H,25,27). The monoisotopic (exact) mass is 394 g/mol. The lowest BCUT2D eigenvalue weighted by molar-refractivity contribution is -0.145. The van der Waals surface area contributed by atoms with Crippen LogP contribution in [0.5, 0.6) is 0 Å². The van der Waals surface area contributed by atoms with E-state index in [1.807, 2.05) is 0 Å². The highest BCUT2D eigenvalue weighted by Gasteiger charge is 2.63. The molecule has 148 valence electrons. The summed E-state index contributed by atoms with van der Waals surface area (Å²) in [5, 5.41) is 5.56. The number of benzene rings is 2. The molecule has 3 aliphatic rings. The number of fused-ring (bicyclic) bond motifs is 1. The molecule has 7 heteroatoms. The average molecular weight is 394 g/mol. The molecule has 0 aromatic heterocycles. The Morgan fingerprint density at radius 3 is 2.31 bits per heavy atom. The van der Waals surface area contributed by atoms with Crippen molar-refractivity contribution in [3.05, 3.63) is 59.9 Å². The van der Waals surface area contributed by atoms with Crippen LogP contribution in [0.1, 0.15) is 23.2 Å². The number of halogens is 1. The third-order valence-corrected chi connectivity index (χ3v) is 6.30. The number of anilines is 2. The summed E-state index contributed by atoms with van der Waals surface area (Å²) in [5.41, 5.74) is 1.47. The van der Waals surface area contributed by atoms with Crippen LogP contribution >= 0.6 is 0 Å². The quantitative estimate of drug-likeness (QED) is 0.780. The average Bonchev–Trinajstić information content (AvgIpc) is 3.33. The first-order valence-electron chi connectivity index (χ1n) is 9.68. The molecule has 2 N–H and O–H groups in total. The molecule has 0 spiro atoms. The van der Waals surface area contributed by atoms with Gasteiger partial charge in [-0.3, -0.25) is 14.4 Å². The van der Waals surface area contributed by atoms with Crippen LogP contribution in [0.25, 0.3) is 0 Å². The van der Waals surface area contributed by atoms with Gasteiger partial charge in [-0.25, -0.2) is 4.39 Å². The number of hydrogen-bond acceptors (Lipinski definition) is 4. The second-order valence-corrected chi connectivity index (χ2v) is 7.95. The molecule has 6 nitrogen and oxygen atoms in total. The summed E-state index contributed by atoms with van der Waals surface area (Å²) in [5.74, 6) is -1.39. The summed E-state index contributed by atoms with van der Waals surface area (Å²) in [4.78, 5) is 37.2. The van der Waals surface area contributed by atoms with Crippen molar-refractivity contribution >= 4 is 29.2 Å². The van der Waals surface area contributed by atoms with Crippen LogP contribution < -0.4 is 10.6 Å². The highest BCUT2D eigenvalue weighted by Crippen LogP contribution is 2.57. The first kappa shape index (κ1) is 17.8. The van der Waals surface area contributed by atoms with E-state index < -0.39 is 0 Å². The second kappa shape index (κ2) is 6.69. The molecular weight excluding hydrogens is 375 g/mol. The van der Waals surface area contributed by atoms with Gasteiger partial charge in [0, 0.05) is 22.9 Å². The van der Waals surface area contributed by atoms with Crippen LogP contribution in [-0.4, -0.2) is 23.9 Å². The largest absolute Gasteiger partial charge is 0.462 e. The van der Waals surface area contributed by atoms with E-state index in [-0.39, 0.29) is 53.4 Å². The van der Waals surface area contributed by atoms with E-state index in [0.29, 0.717) is 16.9 Å². The van der Waals surface area contributed by atoms with E-state index in [9.17, 15) is 18.8 Å². The number of rotatable bonds is 4. The van der Waals surface area contributed by atoms with Crippen LogP contribution in [0.4, 0.5) is 15.8 Å². The van der Waals surface area contributed by atoms with Crippen molar-refractivity contribution in [2.75, 3.05) is 10.6 Å². The van der Waals surface area contributed by atoms with Crippen LogP contribution in [0.2, 0.25) is 0 Å². The van der Waals surface area contributed by atoms with E-state index in [4.69, 9.17) is 4.74 Å². The molecule has 5 rings (SSSR count). The summed E-state index contributed by atoms with van der Waals surface area (Å²) in [6.45, 7) is 0. The zero-order chi connectivity index (χ0) is 20.1. The third-order valence-electron chi connectivity index (χ3n) is 6.30. The fourth-order valence-electron chi connectivity index (χ4n) is 5.03. The first-order chi connectivity index (χ1) is 14.0. The lowest BCUT2D eigenvalue weighted by Crippen LogP contribution is -2.35. The highest BCUT2D eigenvalue weighted by molar-refractivity contribution is 6.04. The maximum atomic E-state index is 13.0. The van der Waals surface area contributed by atoms with Gasteiger partial charge in [0.05, 0.1) is 11.8 Å². The molecule has 3 fully saturated rings. The summed E-state index contributed by atoms with van der Waals surface area (Å²) in [6.07, 6.45) is 1.65. The second-order valence-electron chi connectivity index (χ2n) is 7.95. The maximum absolute atomic E-state index is 13.0. The molecule has 2 saturated carbocycles. The Hall–Kier alpha value is -3.22. The maximum Gasteiger partial charge on any atom is 0.310 e. The molecule has 5 atom stereocenters. The minimum Gasteiger partial charge on any atom is -0.462 e. The number of ether oxygens (including phenoxy) is 1. The van der Waals surface area contributed by atoms with Crippen LogP contribution in [0.3, 0.4) is 0 Å². The van der Waals surface area contributed by atoms with Gasteiger partial charge in [-0.2, -0.15) is 0 Å². The molecule has 2 bridgehead atoms. The fourth-order valence-corrected chi connectivity index (χ4v) is 5.03. The Balaban J connectivity index is 1.24. The predicted molar refractivity (Wildman–Crippen MR) is 102 cm³/mol. The molecule has 2 amide bonds. The predicted octanol–water partition coefficient (Wildman–Crippen LogP) is 3.21. The van der Waals surface area contributed by atoms with E-state index in [1.165, 1.54) is 24.3 Å². The first-order valence-corrected chi connectivity index (χ1v) is 9.68. The molecule has 1 saturated heterocycles. The number of nitrogens with one attached hydrogen (secondary N) is 2. The Morgan fingerprint density at radius 1 is 0.931 bits per heavy atom. The van der Waals surface area contributed by atoms with Gasteiger partial charge in [0.15, 0.2) is 0 Å². The minimum atomic E-state index is -0.375. The number of carbonyl (C=O) groups is 3. The van der Waals surface area contributed by atoms with Gasteiger partial charge in [0.1, 0.15) is 11.9 Å². The van der Waals surface area contributed by atoms with E-state index in [1.54, 1.807) is 24.3 Å². The highest BCUT2D eigenvalue weighted by atomic mass is 19.1. The lowest BCUT2D eigenvalue weighted by atomic mass is 9.79. The van der Waals surface area contributed by atoms with Crippen molar-refractivity contribution in [2.45, 2.75) is 18.9 Å². The summed E-state index contributed by atoms with van der Waals surface area (Å²) >= 11 is 0. The Morgan fingerprint density at radius 2 is 1.59 bits per heavy atom. The Kier molecular flexibility index (Phi) is 4.12. The zero-order valence-electron chi connectivity index (χ0n) is 15.4. The van der Waals surface area contributed by atoms with Crippen LogP contribution in [-0.2, 0) is 14.3 Å². The lowest BCUT2D eigenvalue weighted by Gasteiger charge is -2.23. The molecular formula is C22H19FN2O4. The van der Waals surface area contributed by atoms with Crippen LogP contribution in [0.15, 0.2) is 48.5 Å². The Labute approximate surface area is 166 Å². The number of esters is 1. The van der Waals surface area contributed by atoms with E-state index in [2.05, 4.69) is 10.6 Å². The summed E-state index contributed by atoms with van der Waals surface area (Å²) in [7, 11) is 0. The zero-order valence-corrected chi connectivity index (χ0v) is 15.4. The fraction of sp³-hybridized carbons (Fsp3) is 0.318. The van der Waals surface area contributed by atoms with Crippen molar-refractivity contribution in [2.24, 2.45) is 23.7 Å². The van der Waals surface area contributed by atoms with Gasteiger partial charge >= 0.3 is 5.97 Å². The topological polar surface area (TPSA) is 84.5 Å². The van der Waals surface area contributed by atoms with E-state index >= 15 is 0 Å². The van der Waals surface area contributed by atoms with Gasteiger partial charge < -0.3 is 15.4 Å². The minimum absolute atomic E-state index is 0.000420. The number of carbonyl (C=O) groups excluding carboxylic acids is 3. The van der Waals surface area contributed by atoms with Crippen molar-refractivity contribution in [1.29, 1.82) is 0 Å². The van der Waals surface area contributed by atoms with E-state index in [0.717, 1.165) is 12.8 Å². The molecule has 1 heterocycles. The number of hydrogen-bond donors (Lipinski definition) is 2. The molecule has 1 aliphatic heterocycles. The van der Waals surface area contributed by atoms with Gasteiger partial charge in [-0.05, 0) is 67.3 Å². The number of amides is 2. The summed E-state index contributed by atoms with van der Waals surface area (Å²) < 4.78 is 18.3. The smallest absolute Gasteiger partial charge is 0.310 e. The Bertz CT molecular complexity index is 987.